The third-order valence-electron chi connectivity index (χ3n) is 3.20. The second-order valence-electron chi connectivity index (χ2n) is 4.44. The zero-order valence-corrected chi connectivity index (χ0v) is 12.2. The predicted molar refractivity (Wildman–Crippen MR) is 78.4 cm³/mol. The van der Waals surface area contributed by atoms with Crippen molar-refractivity contribution in [2.45, 2.75) is 20.0 Å². The van der Waals surface area contributed by atoms with Gasteiger partial charge in [0.2, 0.25) is 0 Å². The molecule has 2 aromatic carbocycles. The second-order valence-corrected chi connectivity index (χ2v) is 4.44. The van der Waals surface area contributed by atoms with Crippen molar-refractivity contribution >= 4 is 11.9 Å². The van der Waals surface area contributed by atoms with Crippen molar-refractivity contribution in [2.75, 3.05) is 0 Å². The van der Waals surface area contributed by atoms with E-state index in [0.29, 0.717) is 11.1 Å². The molecule has 1 heterocycles. The molecular weight excluding hydrogens is 287 g/mol. The standard InChI is InChI=1S/C15H9FO4.C2H6/c16-10-4-1-8(2-5-10)13-11-6-3-9(14(17)18)7-12(11)15(19)20-13;1-2/h1-7,13H,(H,17,18);1-2H3. The van der Waals surface area contributed by atoms with Crippen molar-refractivity contribution in [2.24, 2.45) is 0 Å². The Hall–Kier alpha value is -2.69. The highest BCUT2D eigenvalue weighted by Crippen LogP contribution is 2.36. The van der Waals surface area contributed by atoms with Crippen LogP contribution in [-0.2, 0) is 4.74 Å². The van der Waals surface area contributed by atoms with Crippen LogP contribution in [0.1, 0.15) is 51.8 Å². The zero-order valence-electron chi connectivity index (χ0n) is 12.2. The number of fused-ring (bicyclic) bond motifs is 1. The van der Waals surface area contributed by atoms with E-state index in [0.717, 1.165) is 0 Å². The van der Waals surface area contributed by atoms with E-state index in [1.807, 2.05) is 13.8 Å². The van der Waals surface area contributed by atoms with Crippen LogP contribution in [0.4, 0.5) is 4.39 Å². The van der Waals surface area contributed by atoms with Crippen molar-refractivity contribution in [1.82, 2.24) is 0 Å². The number of esters is 1. The minimum atomic E-state index is -1.11. The maximum atomic E-state index is 12.9. The summed E-state index contributed by atoms with van der Waals surface area (Å²) in [6.07, 6.45) is -0.624. The molecule has 1 unspecified atom stereocenters. The normalized spacial score (nSPS) is 15.4. The molecule has 22 heavy (non-hydrogen) atoms. The second kappa shape index (κ2) is 6.39. The Labute approximate surface area is 127 Å². The lowest BCUT2D eigenvalue weighted by Crippen LogP contribution is -2.00. The number of carbonyl (C=O) groups is 2. The largest absolute Gasteiger partial charge is 0.478 e. The molecule has 0 aromatic heterocycles. The Morgan fingerprint density at radius 3 is 2.36 bits per heavy atom. The van der Waals surface area contributed by atoms with Gasteiger partial charge in [-0.25, -0.2) is 14.0 Å². The molecule has 0 saturated heterocycles. The van der Waals surface area contributed by atoms with Gasteiger partial charge in [0.25, 0.3) is 0 Å². The molecule has 2 aromatic rings. The summed E-state index contributed by atoms with van der Waals surface area (Å²) in [7, 11) is 0. The fraction of sp³-hybridized carbons (Fsp3) is 0.176. The van der Waals surface area contributed by atoms with E-state index in [4.69, 9.17) is 9.84 Å². The lowest BCUT2D eigenvalue weighted by atomic mass is 9.97. The highest BCUT2D eigenvalue weighted by molar-refractivity contribution is 5.98. The molecule has 1 atom stereocenters. The van der Waals surface area contributed by atoms with Crippen molar-refractivity contribution in [3.8, 4) is 0 Å². The first-order valence-electron chi connectivity index (χ1n) is 6.90. The number of hydrogen-bond donors (Lipinski definition) is 1. The van der Waals surface area contributed by atoms with Gasteiger partial charge in [0.15, 0.2) is 6.10 Å². The molecule has 0 radical (unpaired) electrons. The summed E-state index contributed by atoms with van der Waals surface area (Å²) in [6.45, 7) is 4.00. The zero-order chi connectivity index (χ0) is 16.3. The summed E-state index contributed by atoms with van der Waals surface area (Å²) in [5.74, 6) is -2.05. The highest BCUT2D eigenvalue weighted by Gasteiger charge is 2.32. The van der Waals surface area contributed by atoms with E-state index < -0.39 is 18.0 Å². The van der Waals surface area contributed by atoms with Gasteiger partial charge in [-0.05, 0) is 29.8 Å². The number of carbonyl (C=O) groups excluding carboxylic acids is 1. The van der Waals surface area contributed by atoms with Crippen LogP contribution in [0.5, 0.6) is 0 Å². The number of halogens is 1. The highest BCUT2D eigenvalue weighted by atomic mass is 19.1. The number of aromatic carboxylic acids is 1. The molecule has 0 fully saturated rings. The van der Waals surface area contributed by atoms with Crippen LogP contribution < -0.4 is 0 Å². The SMILES string of the molecule is CC.O=C(O)c1ccc2c(c1)C(=O)OC2c1ccc(F)cc1. The molecule has 1 N–H and O–H groups in total. The molecule has 4 nitrogen and oxygen atoms in total. The maximum absolute atomic E-state index is 12.9. The first kappa shape index (κ1) is 15.7. The molecule has 0 bridgehead atoms. The first-order chi connectivity index (χ1) is 10.6. The molecular formula is C17H15FO4. The molecule has 1 aliphatic rings. The van der Waals surface area contributed by atoms with Gasteiger partial charge in [-0.3, -0.25) is 0 Å². The van der Waals surface area contributed by atoms with E-state index in [1.54, 1.807) is 6.07 Å². The smallest absolute Gasteiger partial charge is 0.339 e. The average Bonchev–Trinajstić information content (AvgIpc) is 2.87. The van der Waals surface area contributed by atoms with Gasteiger partial charge in [0, 0.05) is 5.56 Å². The number of cyclic esters (lactones) is 1. The Morgan fingerprint density at radius 2 is 1.77 bits per heavy atom. The molecule has 0 amide bonds. The number of carboxylic acids is 1. The van der Waals surface area contributed by atoms with Crippen LogP contribution in [0, 0.1) is 5.82 Å². The Balaban J connectivity index is 0.000000847. The fourth-order valence-electron chi connectivity index (χ4n) is 2.21. The van der Waals surface area contributed by atoms with E-state index in [9.17, 15) is 14.0 Å². The topological polar surface area (TPSA) is 63.6 Å². The molecule has 0 saturated carbocycles. The van der Waals surface area contributed by atoms with Crippen LogP contribution in [0.15, 0.2) is 42.5 Å². The van der Waals surface area contributed by atoms with Gasteiger partial charge in [0.05, 0.1) is 11.1 Å². The van der Waals surface area contributed by atoms with Crippen molar-refractivity contribution in [1.29, 1.82) is 0 Å². The quantitative estimate of drug-likeness (QED) is 0.857. The maximum Gasteiger partial charge on any atom is 0.339 e. The summed E-state index contributed by atoms with van der Waals surface area (Å²) in [5, 5.41) is 8.92. The van der Waals surface area contributed by atoms with Crippen LogP contribution in [0.3, 0.4) is 0 Å². The summed E-state index contributed by atoms with van der Waals surface area (Å²) in [6, 6.07) is 9.90. The fourth-order valence-corrected chi connectivity index (χ4v) is 2.21. The molecule has 3 rings (SSSR count). The minimum absolute atomic E-state index is 0.0282. The number of ether oxygens (including phenoxy) is 1. The number of hydrogen-bond acceptors (Lipinski definition) is 3. The molecule has 1 aliphatic heterocycles. The number of rotatable bonds is 2. The Bertz CT molecular complexity index is 707. The summed E-state index contributed by atoms with van der Waals surface area (Å²) < 4.78 is 18.2. The van der Waals surface area contributed by atoms with Gasteiger partial charge in [-0.1, -0.05) is 32.0 Å². The van der Waals surface area contributed by atoms with E-state index >= 15 is 0 Å². The first-order valence-corrected chi connectivity index (χ1v) is 6.90. The third kappa shape index (κ3) is 2.83. The van der Waals surface area contributed by atoms with Gasteiger partial charge in [-0.15, -0.1) is 0 Å². The van der Waals surface area contributed by atoms with Crippen LogP contribution in [0.25, 0.3) is 0 Å². The van der Waals surface area contributed by atoms with E-state index in [-0.39, 0.29) is 16.9 Å². The molecule has 0 spiro atoms. The molecule has 5 heteroatoms. The Kier molecular flexibility index (Phi) is 4.56. The lowest BCUT2D eigenvalue weighted by Gasteiger charge is -2.10. The van der Waals surface area contributed by atoms with Crippen molar-refractivity contribution in [3.05, 3.63) is 70.5 Å². The van der Waals surface area contributed by atoms with Gasteiger partial charge in [-0.2, -0.15) is 0 Å². The lowest BCUT2D eigenvalue weighted by molar-refractivity contribution is 0.0455. The van der Waals surface area contributed by atoms with Gasteiger partial charge < -0.3 is 9.84 Å². The van der Waals surface area contributed by atoms with Crippen molar-refractivity contribution < 1.29 is 23.8 Å². The van der Waals surface area contributed by atoms with Crippen LogP contribution in [-0.4, -0.2) is 17.0 Å². The minimum Gasteiger partial charge on any atom is -0.478 e. The number of benzene rings is 2. The molecule has 114 valence electrons. The average molecular weight is 302 g/mol. The van der Waals surface area contributed by atoms with E-state index in [2.05, 4.69) is 0 Å². The summed E-state index contributed by atoms with van der Waals surface area (Å²) in [4.78, 5) is 22.7. The summed E-state index contributed by atoms with van der Waals surface area (Å²) >= 11 is 0. The van der Waals surface area contributed by atoms with E-state index in [1.165, 1.54) is 36.4 Å². The monoisotopic (exact) mass is 302 g/mol. The van der Waals surface area contributed by atoms with Gasteiger partial charge in [0.1, 0.15) is 5.82 Å². The van der Waals surface area contributed by atoms with Gasteiger partial charge >= 0.3 is 11.9 Å². The molecule has 0 aliphatic carbocycles. The van der Waals surface area contributed by atoms with Crippen molar-refractivity contribution in [3.63, 3.8) is 0 Å². The number of carboxylic acid groups (broad SMARTS) is 1. The third-order valence-corrected chi connectivity index (χ3v) is 3.20. The van der Waals surface area contributed by atoms with Crippen LogP contribution >= 0.6 is 0 Å². The predicted octanol–water partition coefficient (Wildman–Crippen LogP) is 3.81. The van der Waals surface area contributed by atoms with Crippen LogP contribution in [0.2, 0.25) is 0 Å². The Morgan fingerprint density at radius 1 is 1.14 bits per heavy atom. The summed E-state index contributed by atoms with van der Waals surface area (Å²) in [5.41, 5.74) is 1.49.